The highest BCUT2D eigenvalue weighted by molar-refractivity contribution is 6.51. The van der Waals surface area contributed by atoms with E-state index in [2.05, 4.69) is 44.0 Å². The van der Waals surface area contributed by atoms with Gasteiger partial charge in [0.15, 0.2) is 9.68 Å². The molecule has 1 rings (SSSR count). The Labute approximate surface area is 83.5 Å². The highest BCUT2D eigenvalue weighted by Crippen LogP contribution is 2.01. The van der Waals surface area contributed by atoms with E-state index in [-0.39, 0.29) is 0 Å². The maximum Gasteiger partial charge on any atom is 0.179 e. The normalized spacial score (nSPS) is 10.4. The second-order valence-electron chi connectivity index (χ2n) is 3.30. The lowest BCUT2D eigenvalue weighted by molar-refractivity contribution is 0.863. The summed E-state index contributed by atoms with van der Waals surface area (Å²) in [6.07, 6.45) is 1.21. The SMILES string of the molecule is CCCN[Si]c1cccc(C)c1C. The molecule has 0 saturated heterocycles. The Morgan fingerprint density at radius 3 is 2.77 bits per heavy atom. The van der Waals surface area contributed by atoms with Crippen molar-refractivity contribution in [2.45, 2.75) is 27.2 Å². The topological polar surface area (TPSA) is 12.0 Å². The second kappa shape index (κ2) is 5.20. The van der Waals surface area contributed by atoms with Gasteiger partial charge in [-0.2, -0.15) is 0 Å². The van der Waals surface area contributed by atoms with Crippen LogP contribution in [0.2, 0.25) is 0 Å². The van der Waals surface area contributed by atoms with Crippen molar-refractivity contribution >= 4 is 14.9 Å². The van der Waals surface area contributed by atoms with Crippen LogP contribution in [0, 0.1) is 13.8 Å². The predicted octanol–water partition coefficient (Wildman–Crippen LogP) is 1.55. The van der Waals surface area contributed by atoms with Gasteiger partial charge >= 0.3 is 0 Å². The van der Waals surface area contributed by atoms with E-state index in [1.807, 2.05) is 0 Å². The van der Waals surface area contributed by atoms with Crippen molar-refractivity contribution in [3.05, 3.63) is 29.3 Å². The first kappa shape index (κ1) is 10.5. The van der Waals surface area contributed by atoms with Crippen LogP contribution in [0.15, 0.2) is 18.2 Å². The zero-order valence-electron chi connectivity index (χ0n) is 8.65. The van der Waals surface area contributed by atoms with Crippen molar-refractivity contribution in [3.8, 4) is 0 Å². The molecular weight excluding hydrogens is 174 g/mol. The molecule has 0 aliphatic rings. The van der Waals surface area contributed by atoms with Crippen molar-refractivity contribution in [1.82, 2.24) is 4.98 Å². The van der Waals surface area contributed by atoms with E-state index >= 15 is 0 Å². The van der Waals surface area contributed by atoms with E-state index in [0.29, 0.717) is 0 Å². The first-order valence-corrected chi connectivity index (χ1v) is 5.80. The van der Waals surface area contributed by atoms with Crippen molar-refractivity contribution in [1.29, 1.82) is 0 Å². The van der Waals surface area contributed by atoms with Gasteiger partial charge in [-0.15, -0.1) is 0 Å². The molecule has 0 aliphatic heterocycles. The van der Waals surface area contributed by atoms with Crippen LogP contribution in [-0.2, 0) is 0 Å². The zero-order valence-corrected chi connectivity index (χ0v) is 9.65. The van der Waals surface area contributed by atoms with Gasteiger partial charge in [-0.1, -0.05) is 25.1 Å². The van der Waals surface area contributed by atoms with Gasteiger partial charge < -0.3 is 4.98 Å². The molecule has 0 fully saturated rings. The molecule has 0 aromatic heterocycles. The molecule has 0 atom stereocenters. The fourth-order valence-electron chi connectivity index (χ4n) is 1.17. The second-order valence-corrected chi connectivity index (χ2v) is 4.44. The third-order valence-electron chi connectivity index (χ3n) is 2.20. The summed E-state index contributed by atoms with van der Waals surface area (Å²) in [6, 6.07) is 6.52. The van der Waals surface area contributed by atoms with Gasteiger partial charge in [-0.05, 0) is 43.1 Å². The Hall–Kier alpha value is -0.603. The van der Waals surface area contributed by atoms with Crippen LogP contribution in [0.5, 0.6) is 0 Å². The molecule has 0 heterocycles. The summed E-state index contributed by atoms with van der Waals surface area (Å²) in [5.41, 5.74) is 2.83. The van der Waals surface area contributed by atoms with Gasteiger partial charge in [0.1, 0.15) is 0 Å². The van der Waals surface area contributed by atoms with Crippen LogP contribution < -0.4 is 10.2 Å². The van der Waals surface area contributed by atoms with E-state index in [1.54, 1.807) is 0 Å². The lowest BCUT2D eigenvalue weighted by Gasteiger charge is -2.07. The summed E-state index contributed by atoms with van der Waals surface area (Å²) in [6.45, 7) is 7.68. The minimum absolute atomic E-state index is 0.757. The third-order valence-corrected chi connectivity index (χ3v) is 3.44. The number of benzene rings is 1. The van der Waals surface area contributed by atoms with E-state index in [0.717, 1.165) is 16.2 Å². The van der Waals surface area contributed by atoms with Crippen LogP contribution in [0.25, 0.3) is 0 Å². The van der Waals surface area contributed by atoms with E-state index in [1.165, 1.54) is 22.7 Å². The number of aryl methyl sites for hydroxylation is 1. The summed E-state index contributed by atoms with van der Waals surface area (Å²) >= 11 is 0. The minimum atomic E-state index is 0.757. The average molecular weight is 191 g/mol. The number of hydrogen-bond donors (Lipinski definition) is 1. The summed E-state index contributed by atoms with van der Waals surface area (Å²) in [4.78, 5) is 3.45. The molecule has 0 saturated carbocycles. The molecule has 0 bridgehead atoms. The van der Waals surface area contributed by atoms with E-state index in [4.69, 9.17) is 0 Å². The highest BCUT2D eigenvalue weighted by Gasteiger charge is 2.00. The molecule has 0 spiro atoms. The van der Waals surface area contributed by atoms with Crippen LogP contribution in [0.1, 0.15) is 24.5 Å². The van der Waals surface area contributed by atoms with Gasteiger partial charge in [0.05, 0.1) is 0 Å². The van der Waals surface area contributed by atoms with Crippen LogP contribution >= 0.6 is 0 Å². The zero-order chi connectivity index (χ0) is 9.68. The minimum Gasteiger partial charge on any atom is -0.335 e. The Morgan fingerprint density at radius 2 is 2.08 bits per heavy atom. The summed E-state index contributed by atoms with van der Waals surface area (Å²) in [5.74, 6) is 0. The maximum atomic E-state index is 3.45. The Bertz CT molecular complexity index is 271. The molecule has 0 aliphatic carbocycles. The quantitative estimate of drug-likeness (QED) is 0.562. The Morgan fingerprint density at radius 1 is 1.31 bits per heavy atom. The monoisotopic (exact) mass is 191 g/mol. The standard InChI is InChI=1S/C11H17NSi/c1-4-8-12-13-11-7-5-6-9(2)10(11)3/h5-7,12H,4,8H2,1-3H3. The van der Waals surface area contributed by atoms with Gasteiger partial charge in [0.2, 0.25) is 0 Å². The lowest BCUT2D eigenvalue weighted by atomic mass is 10.1. The Kier molecular flexibility index (Phi) is 4.19. The first-order chi connectivity index (χ1) is 6.25. The summed E-state index contributed by atoms with van der Waals surface area (Å²) < 4.78 is 0. The molecule has 0 amide bonds. The van der Waals surface area contributed by atoms with E-state index < -0.39 is 0 Å². The smallest absolute Gasteiger partial charge is 0.179 e. The average Bonchev–Trinajstić information content (AvgIpc) is 2.13. The van der Waals surface area contributed by atoms with Crippen molar-refractivity contribution < 1.29 is 0 Å². The van der Waals surface area contributed by atoms with Crippen LogP contribution in [-0.4, -0.2) is 16.2 Å². The number of nitrogens with one attached hydrogen (secondary N) is 1. The van der Waals surface area contributed by atoms with Crippen molar-refractivity contribution in [2.24, 2.45) is 0 Å². The van der Waals surface area contributed by atoms with Gasteiger partial charge in [-0.3, -0.25) is 0 Å². The van der Waals surface area contributed by atoms with Gasteiger partial charge in [-0.25, -0.2) is 0 Å². The van der Waals surface area contributed by atoms with Gasteiger partial charge in [0.25, 0.3) is 0 Å². The molecule has 13 heavy (non-hydrogen) atoms. The Balaban J connectivity index is 2.61. The van der Waals surface area contributed by atoms with Crippen molar-refractivity contribution in [3.63, 3.8) is 0 Å². The molecule has 70 valence electrons. The molecule has 2 radical (unpaired) electrons. The molecular formula is C11H17NSi. The summed E-state index contributed by atoms with van der Waals surface area (Å²) in [5, 5.41) is 1.45. The largest absolute Gasteiger partial charge is 0.335 e. The molecule has 0 unspecified atom stereocenters. The number of rotatable bonds is 4. The first-order valence-electron chi connectivity index (χ1n) is 4.80. The van der Waals surface area contributed by atoms with Crippen LogP contribution in [0.3, 0.4) is 0 Å². The van der Waals surface area contributed by atoms with Crippen molar-refractivity contribution in [2.75, 3.05) is 6.54 Å². The molecule has 1 nitrogen and oxygen atoms in total. The maximum absolute atomic E-state index is 3.45. The van der Waals surface area contributed by atoms with Gasteiger partial charge in [0, 0.05) is 0 Å². The molecule has 2 heteroatoms. The molecule has 1 aromatic carbocycles. The fourth-order valence-corrected chi connectivity index (χ4v) is 2.30. The predicted molar refractivity (Wildman–Crippen MR) is 59.6 cm³/mol. The fraction of sp³-hybridized carbons (Fsp3) is 0.455. The number of hydrogen-bond acceptors (Lipinski definition) is 1. The lowest BCUT2D eigenvalue weighted by Crippen LogP contribution is -2.32. The third kappa shape index (κ3) is 2.97. The summed E-state index contributed by atoms with van der Waals surface area (Å²) in [7, 11) is 0.757. The highest BCUT2D eigenvalue weighted by atomic mass is 28.2. The molecule has 1 N–H and O–H groups in total. The van der Waals surface area contributed by atoms with Crippen LogP contribution in [0.4, 0.5) is 0 Å². The van der Waals surface area contributed by atoms with E-state index in [9.17, 15) is 0 Å². The molecule has 1 aromatic rings.